The molecule has 3 amide bonds. The Bertz CT molecular complexity index is 194. The van der Waals surface area contributed by atoms with Crippen molar-refractivity contribution in [2.75, 3.05) is 12.3 Å². The second-order valence-corrected chi connectivity index (χ2v) is 3.82. The molecule has 0 aromatic carbocycles. The molecule has 5 nitrogen and oxygen atoms in total. The molecule has 1 rings (SSSR count). The Balaban J connectivity index is 2.25. The van der Waals surface area contributed by atoms with Gasteiger partial charge in [0.25, 0.3) is 0 Å². The summed E-state index contributed by atoms with van der Waals surface area (Å²) >= 11 is 1.47. The van der Waals surface area contributed by atoms with E-state index in [1.165, 1.54) is 11.9 Å². The third kappa shape index (κ3) is 3.65. The van der Waals surface area contributed by atoms with Gasteiger partial charge in [0.05, 0.1) is 0 Å². The van der Waals surface area contributed by atoms with Gasteiger partial charge < -0.3 is 0 Å². The number of carbonyl (C=O) groups excluding carboxylic acids is 2. The second-order valence-electron chi connectivity index (χ2n) is 2.71. The molecule has 1 aliphatic heterocycles. The molecule has 0 radical (unpaired) electrons. The van der Waals surface area contributed by atoms with Gasteiger partial charge in [0.15, 0.2) is 0 Å². The smallest absolute Gasteiger partial charge is 0.276 e. The van der Waals surface area contributed by atoms with Gasteiger partial charge in [-0.1, -0.05) is 25.3 Å². The predicted molar refractivity (Wildman–Crippen MR) is 50.7 cm³/mol. The molecule has 13 heavy (non-hydrogen) atoms. The molecule has 0 unspecified atom stereocenters. The SMILES string of the molecule is CCCCSN1CC(=O)NC(=O)N1. The first kappa shape index (κ1) is 10.3. The van der Waals surface area contributed by atoms with Gasteiger partial charge >= 0.3 is 6.03 Å². The number of carbonyl (C=O) groups is 2. The largest absolute Gasteiger partial charge is 0.336 e. The van der Waals surface area contributed by atoms with Crippen molar-refractivity contribution in [2.45, 2.75) is 19.8 Å². The molecule has 0 spiro atoms. The van der Waals surface area contributed by atoms with E-state index in [1.807, 2.05) is 0 Å². The summed E-state index contributed by atoms with van der Waals surface area (Å²) in [6, 6.07) is -0.444. The molecular weight excluding hydrogens is 190 g/mol. The number of hydrazine groups is 1. The number of rotatable bonds is 4. The van der Waals surface area contributed by atoms with Crippen LogP contribution in [0.25, 0.3) is 0 Å². The maximum atomic E-state index is 10.9. The van der Waals surface area contributed by atoms with Gasteiger partial charge in [-0.15, -0.1) is 0 Å². The summed E-state index contributed by atoms with van der Waals surface area (Å²) in [5, 5.41) is 2.16. The molecule has 0 bridgehead atoms. The minimum absolute atomic E-state index is 0.222. The van der Waals surface area contributed by atoms with E-state index in [1.54, 1.807) is 4.41 Å². The van der Waals surface area contributed by atoms with Crippen LogP contribution in [0.1, 0.15) is 19.8 Å². The molecule has 0 aromatic heterocycles. The Morgan fingerprint density at radius 2 is 2.31 bits per heavy atom. The Labute approximate surface area is 81.3 Å². The van der Waals surface area contributed by atoms with E-state index in [0.29, 0.717) is 0 Å². The van der Waals surface area contributed by atoms with Crippen LogP contribution in [-0.2, 0) is 4.79 Å². The van der Waals surface area contributed by atoms with Crippen molar-refractivity contribution in [3.05, 3.63) is 0 Å². The van der Waals surface area contributed by atoms with Gasteiger partial charge in [-0.25, -0.2) is 4.79 Å². The lowest BCUT2D eigenvalue weighted by Gasteiger charge is -2.25. The van der Waals surface area contributed by atoms with E-state index in [0.717, 1.165) is 18.6 Å². The minimum Gasteiger partial charge on any atom is -0.276 e. The standard InChI is InChI=1S/C7H13N3O2S/c1-2-3-4-13-10-5-6(11)8-7(12)9-10/h2-5H2,1H3,(H2,8,9,11,12). The van der Waals surface area contributed by atoms with Crippen LogP contribution in [0.3, 0.4) is 0 Å². The molecule has 1 aliphatic rings. The van der Waals surface area contributed by atoms with Gasteiger partial charge in [0.2, 0.25) is 5.91 Å². The number of hydrogen-bond donors (Lipinski definition) is 2. The third-order valence-electron chi connectivity index (χ3n) is 1.51. The maximum Gasteiger partial charge on any atom is 0.336 e. The zero-order valence-electron chi connectivity index (χ0n) is 7.50. The topological polar surface area (TPSA) is 61.4 Å². The molecule has 1 heterocycles. The highest BCUT2D eigenvalue weighted by Gasteiger charge is 2.21. The summed E-state index contributed by atoms with van der Waals surface area (Å²) in [4.78, 5) is 21.7. The zero-order chi connectivity index (χ0) is 9.68. The molecule has 0 saturated carbocycles. The summed E-state index contributed by atoms with van der Waals surface area (Å²) in [7, 11) is 0. The van der Waals surface area contributed by atoms with E-state index >= 15 is 0 Å². The van der Waals surface area contributed by atoms with Crippen LogP contribution in [0.4, 0.5) is 4.79 Å². The minimum atomic E-state index is -0.444. The Morgan fingerprint density at radius 1 is 1.54 bits per heavy atom. The van der Waals surface area contributed by atoms with Crippen LogP contribution in [0.5, 0.6) is 0 Å². The fraction of sp³-hybridized carbons (Fsp3) is 0.714. The van der Waals surface area contributed by atoms with Crippen molar-refractivity contribution >= 4 is 23.9 Å². The van der Waals surface area contributed by atoms with Crippen LogP contribution in [0.2, 0.25) is 0 Å². The van der Waals surface area contributed by atoms with Crippen LogP contribution >= 0.6 is 11.9 Å². The third-order valence-corrected chi connectivity index (χ3v) is 2.51. The summed E-state index contributed by atoms with van der Waals surface area (Å²) in [5.74, 6) is 0.664. The number of amides is 3. The highest BCUT2D eigenvalue weighted by atomic mass is 32.2. The lowest BCUT2D eigenvalue weighted by Crippen LogP contribution is -2.56. The van der Waals surface area contributed by atoms with Gasteiger partial charge in [-0.05, 0) is 6.42 Å². The molecule has 6 heteroatoms. The highest BCUT2D eigenvalue weighted by molar-refractivity contribution is 7.96. The summed E-state index contributed by atoms with van der Waals surface area (Å²) in [5.41, 5.74) is 2.53. The van der Waals surface area contributed by atoms with E-state index in [-0.39, 0.29) is 12.5 Å². The van der Waals surface area contributed by atoms with Gasteiger partial charge in [0, 0.05) is 5.75 Å². The van der Waals surface area contributed by atoms with Crippen LogP contribution in [0.15, 0.2) is 0 Å². The van der Waals surface area contributed by atoms with Crippen molar-refractivity contribution in [3.8, 4) is 0 Å². The average Bonchev–Trinajstić information content (AvgIpc) is 2.03. The lowest BCUT2D eigenvalue weighted by molar-refractivity contribution is -0.121. The number of imide groups is 1. The second kappa shape index (κ2) is 5.08. The zero-order valence-corrected chi connectivity index (χ0v) is 8.32. The molecule has 1 saturated heterocycles. The number of nitrogens with zero attached hydrogens (tertiary/aromatic N) is 1. The van der Waals surface area contributed by atoms with Crippen molar-refractivity contribution in [1.29, 1.82) is 0 Å². The van der Waals surface area contributed by atoms with Crippen molar-refractivity contribution in [1.82, 2.24) is 15.2 Å². The first-order chi connectivity index (χ1) is 6.22. The normalized spacial score (nSPS) is 18.2. The number of unbranched alkanes of at least 4 members (excludes halogenated alkanes) is 1. The van der Waals surface area contributed by atoms with E-state index in [4.69, 9.17) is 0 Å². The number of hydrogen-bond acceptors (Lipinski definition) is 4. The first-order valence-electron chi connectivity index (χ1n) is 4.23. The molecule has 2 N–H and O–H groups in total. The Kier molecular flexibility index (Phi) is 4.04. The van der Waals surface area contributed by atoms with Gasteiger partial charge in [0.1, 0.15) is 6.54 Å². The van der Waals surface area contributed by atoms with E-state index in [9.17, 15) is 9.59 Å². The lowest BCUT2D eigenvalue weighted by atomic mass is 10.4. The predicted octanol–water partition coefficient (Wildman–Crippen LogP) is 0.491. The van der Waals surface area contributed by atoms with Gasteiger partial charge in [-0.3, -0.25) is 15.5 Å². The number of urea groups is 1. The molecule has 0 atom stereocenters. The van der Waals surface area contributed by atoms with Crippen LogP contribution in [0, 0.1) is 0 Å². The van der Waals surface area contributed by atoms with Crippen LogP contribution < -0.4 is 10.7 Å². The van der Waals surface area contributed by atoms with E-state index < -0.39 is 6.03 Å². The monoisotopic (exact) mass is 203 g/mol. The molecular formula is C7H13N3O2S. The van der Waals surface area contributed by atoms with Gasteiger partial charge in [-0.2, -0.15) is 4.41 Å². The fourth-order valence-electron chi connectivity index (χ4n) is 0.874. The van der Waals surface area contributed by atoms with Crippen molar-refractivity contribution in [3.63, 3.8) is 0 Å². The highest BCUT2D eigenvalue weighted by Crippen LogP contribution is 2.10. The Hall–Kier alpha value is -0.750. The molecule has 0 aliphatic carbocycles. The van der Waals surface area contributed by atoms with Crippen molar-refractivity contribution < 1.29 is 9.59 Å². The molecule has 74 valence electrons. The Morgan fingerprint density at radius 3 is 2.92 bits per heavy atom. The summed E-state index contributed by atoms with van der Waals surface area (Å²) < 4.78 is 1.57. The number of nitrogens with one attached hydrogen (secondary N) is 2. The van der Waals surface area contributed by atoms with E-state index in [2.05, 4.69) is 17.7 Å². The fourth-order valence-corrected chi connectivity index (χ4v) is 1.87. The van der Waals surface area contributed by atoms with Crippen molar-refractivity contribution in [2.24, 2.45) is 0 Å². The average molecular weight is 203 g/mol. The molecule has 0 aromatic rings. The first-order valence-corrected chi connectivity index (χ1v) is 5.17. The summed E-state index contributed by atoms with van der Waals surface area (Å²) in [6.45, 7) is 2.32. The molecule has 1 fully saturated rings. The van der Waals surface area contributed by atoms with Crippen LogP contribution in [-0.4, -0.2) is 28.7 Å². The maximum absolute atomic E-state index is 10.9. The quantitative estimate of drug-likeness (QED) is 0.515. The summed E-state index contributed by atoms with van der Waals surface area (Å²) in [6.07, 6.45) is 2.19.